The lowest BCUT2D eigenvalue weighted by molar-refractivity contribution is -0.386. The first kappa shape index (κ1) is 92.0. The van der Waals surface area contributed by atoms with Crippen LogP contribution >= 0.6 is 0 Å². The highest BCUT2D eigenvalue weighted by Crippen LogP contribution is 2.37. The lowest BCUT2D eigenvalue weighted by Crippen LogP contribution is -2.70. The molecule has 0 saturated carbocycles. The fraction of sp³-hybridized carbons (Fsp3) is 0.919. The molecule has 5 fully saturated rings. The molecule has 27 atom stereocenters. The molecule has 0 radical (unpaired) electrons. The van der Waals surface area contributed by atoms with Gasteiger partial charge in [0.25, 0.3) is 0 Å². The molecule has 30 heteroatoms. The van der Waals surface area contributed by atoms with Gasteiger partial charge in [-0.3, -0.25) is 9.59 Å². The molecule has 5 rings (SSSR count). The molecule has 0 aromatic heterocycles. The van der Waals surface area contributed by atoms with Gasteiger partial charge in [-0.05, 0) is 44.9 Å². The van der Waals surface area contributed by atoms with E-state index in [2.05, 4.69) is 36.6 Å². The molecule has 2 amide bonds. The zero-order valence-electron chi connectivity index (χ0n) is 61.8. The van der Waals surface area contributed by atoms with Gasteiger partial charge in [0.2, 0.25) is 11.8 Å². The fourth-order valence-electron chi connectivity index (χ4n) is 14.0. The number of carbonyl (C=O) groups excluding carboxylic acids is 2. The van der Waals surface area contributed by atoms with Crippen molar-refractivity contribution in [2.45, 2.75) is 392 Å². The number of nitrogens with one attached hydrogen (secondary N) is 2. The van der Waals surface area contributed by atoms with Gasteiger partial charge in [0.15, 0.2) is 31.5 Å². The van der Waals surface area contributed by atoms with Crippen LogP contribution in [-0.4, -0.2) is 299 Å². The van der Waals surface area contributed by atoms with E-state index in [-0.39, 0.29) is 12.3 Å². The summed E-state index contributed by atoms with van der Waals surface area (Å²) in [6, 6.07) is -2.84. The molecule has 5 heterocycles. The summed E-state index contributed by atoms with van der Waals surface area (Å²) in [7, 11) is 0. The summed E-state index contributed by atoms with van der Waals surface area (Å²) in [5.74, 6) is -1.18. The van der Waals surface area contributed by atoms with Crippen LogP contribution in [0.1, 0.15) is 226 Å². The minimum absolute atomic E-state index is 0.185. The smallest absolute Gasteiger partial charge is 0.220 e. The van der Waals surface area contributed by atoms with Gasteiger partial charge in [-0.25, -0.2) is 0 Å². The average molecular weight is 1500 g/mol. The topological polar surface area (TPSA) is 474 Å². The Balaban J connectivity index is 1.19. The van der Waals surface area contributed by atoms with Gasteiger partial charge in [-0.1, -0.05) is 192 Å². The number of unbranched alkanes of at least 4 members (excludes halogenated alkanes) is 28. The van der Waals surface area contributed by atoms with Gasteiger partial charge in [0.1, 0.15) is 122 Å². The van der Waals surface area contributed by atoms with Gasteiger partial charge in [0, 0.05) is 13.3 Å². The summed E-state index contributed by atoms with van der Waals surface area (Å²) >= 11 is 0. The Hall–Kier alpha value is -2.62. The average Bonchev–Trinajstić information content (AvgIpc) is 0.769. The largest absolute Gasteiger partial charge is 0.394 e. The predicted molar refractivity (Wildman–Crippen MR) is 377 cm³/mol. The van der Waals surface area contributed by atoms with E-state index < -0.39 is 211 Å². The highest BCUT2D eigenvalue weighted by atomic mass is 16.8. The third kappa shape index (κ3) is 30.2. The Morgan fingerprint density at radius 1 is 0.375 bits per heavy atom. The van der Waals surface area contributed by atoms with Gasteiger partial charge in [-0.15, -0.1) is 0 Å². The second-order valence-electron chi connectivity index (χ2n) is 28.9. The van der Waals surface area contributed by atoms with E-state index in [4.69, 9.17) is 47.4 Å². The third-order valence-corrected chi connectivity index (χ3v) is 20.4. The van der Waals surface area contributed by atoms with Gasteiger partial charge >= 0.3 is 0 Å². The zero-order valence-corrected chi connectivity index (χ0v) is 61.8. The Morgan fingerprint density at radius 2 is 0.721 bits per heavy atom. The van der Waals surface area contributed by atoms with Crippen molar-refractivity contribution in [1.82, 2.24) is 10.6 Å². The van der Waals surface area contributed by atoms with Crippen LogP contribution in [0, 0.1) is 0 Å². The van der Waals surface area contributed by atoms with Crippen LogP contribution in [0.4, 0.5) is 0 Å². The quantitative estimate of drug-likeness (QED) is 0.0304. The number of allylic oxidation sites excluding steroid dienone is 3. The van der Waals surface area contributed by atoms with Crippen molar-refractivity contribution in [1.29, 1.82) is 0 Å². The fourth-order valence-corrected chi connectivity index (χ4v) is 14.0. The second-order valence-corrected chi connectivity index (χ2v) is 28.9. The molecule has 0 aromatic rings. The van der Waals surface area contributed by atoms with Crippen LogP contribution in [-0.2, 0) is 57.0 Å². The number of aliphatic hydroxyl groups is 16. The summed E-state index contributed by atoms with van der Waals surface area (Å²) in [5, 5.41) is 181. The molecule has 30 nitrogen and oxygen atoms in total. The molecule has 5 aliphatic rings. The number of hydrogen-bond donors (Lipinski definition) is 18. The van der Waals surface area contributed by atoms with Gasteiger partial charge < -0.3 is 140 Å². The first-order chi connectivity index (χ1) is 50.2. The van der Waals surface area contributed by atoms with Crippen LogP contribution in [0.5, 0.6) is 0 Å². The molecule has 0 aliphatic carbocycles. The van der Waals surface area contributed by atoms with E-state index >= 15 is 0 Å². The van der Waals surface area contributed by atoms with Gasteiger partial charge in [-0.2, -0.15) is 0 Å². The highest BCUT2D eigenvalue weighted by molar-refractivity contribution is 5.76. The number of hydrogen-bond acceptors (Lipinski definition) is 28. The first-order valence-corrected chi connectivity index (χ1v) is 39.1. The lowest BCUT2D eigenvalue weighted by atomic mass is 9.94. The molecular formula is C74H134N2O28. The van der Waals surface area contributed by atoms with E-state index in [0.717, 1.165) is 64.7 Å². The SMILES string of the molecule is CCCCCCCC/C=C\CCCCCCCCCCCCCC(=O)N[C@@H](CO[C@@H]1OC(CO)[C@@H](O[C@@H]2OC(CO)[C@H](O)[C@H](O[C@@H]3OC(CO)[C@@H](O)[C@H](O[C@@H]4OC(CO)[C@H](O)[C@H](O[C@@H]5OC(CO)[C@H](O)[C@H](O)C5O)C4O)C3NC(C)=O)C2O)[C@H](O)C1O)[C@H](O)/C=C/CCCCCCCCCCCCC. The van der Waals surface area contributed by atoms with Crippen molar-refractivity contribution in [2.75, 3.05) is 39.6 Å². The summed E-state index contributed by atoms with van der Waals surface area (Å²) in [5.41, 5.74) is 0. The van der Waals surface area contributed by atoms with Crippen LogP contribution < -0.4 is 10.6 Å². The molecule has 608 valence electrons. The van der Waals surface area contributed by atoms with Crippen molar-refractivity contribution in [3.8, 4) is 0 Å². The van der Waals surface area contributed by atoms with Crippen molar-refractivity contribution in [3.05, 3.63) is 24.3 Å². The lowest BCUT2D eigenvalue weighted by Gasteiger charge is -2.50. The highest BCUT2D eigenvalue weighted by Gasteiger charge is 2.57. The molecule has 0 spiro atoms. The molecule has 104 heavy (non-hydrogen) atoms. The van der Waals surface area contributed by atoms with Crippen LogP contribution in [0.2, 0.25) is 0 Å². The third-order valence-electron chi connectivity index (χ3n) is 20.4. The summed E-state index contributed by atoms with van der Waals surface area (Å²) in [6.07, 6.45) is -2.45. The Labute approximate surface area is 614 Å². The number of aliphatic hydroxyl groups excluding tert-OH is 16. The van der Waals surface area contributed by atoms with Crippen molar-refractivity contribution < 1.29 is 139 Å². The minimum Gasteiger partial charge on any atom is -0.394 e. The Morgan fingerprint density at radius 3 is 1.16 bits per heavy atom. The maximum absolute atomic E-state index is 13.5. The van der Waals surface area contributed by atoms with E-state index in [0.29, 0.717) is 12.8 Å². The number of carbonyl (C=O) groups is 2. The van der Waals surface area contributed by atoms with Crippen LogP contribution in [0.3, 0.4) is 0 Å². The Bertz CT molecular complexity index is 2300. The molecule has 10 unspecified atom stereocenters. The number of amides is 2. The Kier molecular flexibility index (Phi) is 45.8. The van der Waals surface area contributed by atoms with Crippen molar-refractivity contribution >= 4 is 11.8 Å². The van der Waals surface area contributed by atoms with Gasteiger partial charge in [0.05, 0.1) is 51.8 Å². The van der Waals surface area contributed by atoms with Crippen LogP contribution in [0.15, 0.2) is 24.3 Å². The maximum Gasteiger partial charge on any atom is 0.220 e. The molecule has 5 aliphatic heterocycles. The van der Waals surface area contributed by atoms with E-state index in [1.54, 1.807) is 6.08 Å². The number of ether oxygens (including phenoxy) is 10. The van der Waals surface area contributed by atoms with E-state index in [1.807, 2.05) is 6.08 Å². The number of rotatable bonds is 53. The molecular weight excluding hydrogens is 1360 g/mol. The zero-order chi connectivity index (χ0) is 75.9. The molecule has 0 bridgehead atoms. The van der Waals surface area contributed by atoms with Crippen LogP contribution in [0.25, 0.3) is 0 Å². The molecule has 18 N–H and O–H groups in total. The monoisotopic (exact) mass is 1500 g/mol. The van der Waals surface area contributed by atoms with Crippen molar-refractivity contribution in [2.24, 2.45) is 0 Å². The maximum atomic E-state index is 13.5. The second kappa shape index (κ2) is 51.8. The molecule has 0 aromatic carbocycles. The summed E-state index contributed by atoms with van der Waals surface area (Å²) < 4.78 is 58.6. The molecule has 5 saturated heterocycles. The van der Waals surface area contributed by atoms with E-state index in [9.17, 15) is 91.3 Å². The standard InChI is InChI=1S/C74H134N2O28/c1-4-6-8-10-12-14-16-18-19-20-21-22-23-24-25-27-29-31-33-35-37-39-54(84)76-47(48(83)38-36-34-32-30-28-26-17-15-13-11-9-7-5-2)45-95-71-63(92)61(90)66(53(44-81)100-71)101-73-64(93)68(58(87)51(42-79)98-73)103-70-55(75-46(3)82)67(57(86)50(41-78)96-70)102-74-65(94)69(59(88)52(43-80)99-74)104-72-62(91)60(89)56(85)49(40-77)97-72/h18-19,36,38,47-53,55-74,77-81,83,85-94H,4-17,20-35,37,39-45H2,1-3H3,(H,75,82)(H,76,84)/b19-18-,38-36+/t47-,48+,49?,50?,51?,52?,53?,55?,56-,57+,58-,59-,60-,61+,62?,63?,64?,65?,66+,67+,68-,69-,70-,71+,72-,73-,74-/m0/s1. The normalized spacial score (nSPS) is 34.8. The first-order valence-electron chi connectivity index (χ1n) is 39.1. The summed E-state index contributed by atoms with van der Waals surface area (Å²) in [4.78, 5) is 26.5. The predicted octanol–water partition coefficient (Wildman–Crippen LogP) is 1.72. The van der Waals surface area contributed by atoms with E-state index in [1.165, 1.54) is 128 Å². The summed E-state index contributed by atoms with van der Waals surface area (Å²) in [6.45, 7) is 0.292. The van der Waals surface area contributed by atoms with Crippen molar-refractivity contribution in [3.63, 3.8) is 0 Å². The minimum atomic E-state index is -2.18.